The van der Waals surface area contributed by atoms with Crippen LogP contribution in [0.1, 0.15) is 17.7 Å². The van der Waals surface area contributed by atoms with Crippen LogP contribution in [-0.2, 0) is 16.1 Å². The summed E-state index contributed by atoms with van der Waals surface area (Å²) < 4.78 is 0. The second-order valence-corrected chi connectivity index (χ2v) is 4.87. The Morgan fingerprint density at radius 3 is 3.19 bits per heavy atom. The molecular formula is C11H15NO3S. The first kappa shape index (κ1) is 11.6. The zero-order chi connectivity index (χ0) is 11.4. The third-order valence-corrected chi connectivity index (χ3v) is 3.41. The predicted octanol–water partition coefficient (Wildman–Crippen LogP) is 1.21. The van der Waals surface area contributed by atoms with E-state index in [9.17, 15) is 9.90 Å². The molecule has 1 amide bonds. The highest BCUT2D eigenvalue weighted by Gasteiger charge is 2.25. The standard InChI is InChI=1S/C11H15NO3S/c13-9-7-12(15-8-9)11(14)5-1-3-10-4-2-6-16-10/h2,4,6,9,13H,1,3,5,7-8H2. The van der Waals surface area contributed by atoms with Crippen molar-refractivity contribution in [2.24, 2.45) is 0 Å². The summed E-state index contributed by atoms with van der Waals surface area (Å²) in [4.78, 5) is 18.0. The van der Waals surface area contributed by atoms with E-state index in [1.807, 2.05) is 11.4 Å². The molecule has 0 bridgehead atoms. The fourth-order valence-electron chi connectivity index (χ4n) is 1.64. The Kier molecular flexibility index (Phi) is 3.93. The number of nitrogens with zero attached hydrogens (tertiary/aromatic N) is 1. The lowest BCUT2D eigenvalue weighted by Crippen LogP contribution is -2.28. The van der Waals surface area contributed by atoms with Gasteiger partial charge < -0.3 is 5.11 Å². The Morgan fingerprint density at radius 1 is 1.69 bits per heavy atom. The van der Waals surface area contributed by atoms with Gasteiger partial charge in [0.2, 0.25) is 5.91 Å². The number of aliphatic hydroxyl groups excluding tert-OH is 1. The molecule has 0 aromatic carbocycles. The van der Waals surface area contributed by atoms with E-state index >= 15 is 0 Å². The molecule has 0 aliphatic carbocycles. The van der Waals surface area contributed by atoms with Gasteiger partial charge in [0.25, 0.3) is 0 Å². The monoisotopic (exact) mass is 241 g/mol. The first-order valence-corrected chi connectivity index (χ1v) is 6.27. The molecule has 1 aliphatic heterocycles. The van der Waals surface area contributed by atoms with Crippen molar-refractivity contribution >= 4 is 17.2 Å². The fraction of sp³-hybridized carbons (Fsp3) is 0.545. The molecular weight excluding hydrogens is 226 g/mol. The van der Waals surface area contributed by atoms with Gasteiger partial charge in [0.15, 0.2) is 0 Å². The van der Waals surface area contributed by atoms with Crippen LogP contribution in [0.25, 0.3) is 0 Å². The number of aliphatic hydroxyl groups is 1. The topological polar surface area (TPSA) is 49.8 Å². The molecule has 16 heavy (non-hydrogen) atoms. The summed E-state index contributed by atoms with van der Waals surface area (Å²) in [5.74, 6) is -0.0342. The Hall–Kier alpha value is -0.910. The molecule has 1 aromatic rings. The average Bonchev–Trinajstić information content (AvgIpc) is 2.89. The van der Waals surface area contributed by atoms with Crippen LogP contribution in [0.5, 0.6) is 0 Å². The number of carbonyl (C=O) groups is 1. The van der Waals surface area contributed by atoms with Crippen molar-refractivity contribution in [3.63, 3.8) is 0 Å². The molecule has 1 atom stereocenters. The smallest absolute Gasteiger partial charge is 0.246 e. The first-order chi connectivity index (χ1) is 7.75. The van der Waals surface area contributed by atoms with Gasteiger partial charge in [0.1, 0.15) is 6.61 Å². The molecule has 88 valence electrons. The van der Waals surface area contributed by atoms with Gasteiger partial charge in [-0.05, 0) is 24.3 Å². The van der Waals surface area contributed by atoms with Crippen LogP contribution in [0.3, 0.4) is 0 Å². The molecule has 0 saturated carbocycles. The molecule has 1 aliphatic rings. The molecule has 1 unspecified atom stereocenters. The summed E-state index contributed by atoms with van der Waals surface area (Å²) in [6.45, 7) is 0.536. The molecule has 1 fully saturated rings. The normalized spacial score (nSPS) is 20.3. The zero-order valence-electron chi connectivity index (χ0n) is 8.96. The number of hydrogen-bond donors (Lipinski definition) is 1. The van der Waals surface area contributed by atoms with Gasteiger partial charge in [-0.3, -0.25) is 9.63 Å². The third kappa shape index (κ3) is 3.04. The average molecular weight is 241 g/mol. The fourth-order valence-corrected chi connectivity index (χ4v) is 2.39. The van der Waals surface area contributed by atoms with E-state index in [2.05, 4.69) is 6.07 Å². The Bertz CT molecular complexity index is 339. The van der Waals surface area contributed by atoms with Gasteiger partial charge in [-0.1, -0.05) is 6.07 Å². The highest BCUT2D eigenvalue weighted by atomic mass is 32.1. The molecule has 1 aromatic heterocycles. The summed E-state index contributed by atoms with van der Waals surface area (Å²) in [5.41, 5.74) is 0. The summed E-state index contributed by atoms with van der Waals surface area (Å²) in [6, 6.07) is 4.09. The Labute approximate surface area is 98.4 Å². The van der Waals surface area contributed by atoms with E-state index in [0.717, 1.165) is 12.8 Å². The maximum atomic E-state index is 11.6. The summed E-state index contributed by atoms with van der Waals surface area (Å²) in [5, 5.41) is 12.5. The summed E-state index contributed by atoms with van der Waals surface area (Å²) in [6.07, 6.45) is 1.71. The van der Waals surface area contributed by atoms with Crippen molar-refractivity contribution in [1.82, 2.24) is 5.06 Å². The van der Waals surface area contributed by atoms with Gasteiger partial charge in [0.05, 0.1) is 12.6 Å². The van der Waals surface area contributed by atoms with Crippen molar-refractivity contribution in [1.29, 1.82) is 0 Å². The van der Waals surface area contributed by atoms with Crippen LogP contribution in [-0.4, -0.2) is 35.3 Å². The number of hydrogen-bond acceptors (Lipinski definition) is 4. The van der Waals surface area contributed by atoms with Crippen molar-refractivity contribution in [2.75, 3.05) is 13.2 Å². The van der Waals surface area contributed by atoms with Crippen LogP contribution >= 0.6 is 11.3 Å². The molecule has 1 N–H and O–H groups in total. The van der Waals surface area contributed by atoms with E-state index in [1.165, 1.54) is 9.94 Å². The molecule has 0 spiro atoms. The van der Waals surface area contributed by atoms with E-state index < -0.39 is 6.10 Å². The second-order valence-electron chi connectivity index (χ2n) is 3.84. The first-order valence-electron chi connectivity index (χ1n) is 5.39. The lowest BCUT2D eigenvalue weighted by atomic mass is 10.2. The van der Waals surface area contributed by atoms with Crippen LogP contribution in [0.15, 0.2) is 17.5 Å². The van der Waals surface area contributed by atoms with Gasteiger partial charge >= 0.3 is 0 Å². The van der Waals surface area contributed by atoms with E-state index in [-0.39, 0.29) is 12.5 Å². The lowest BCUT2D eigenvalue weighted by Gasteiger charge is -2.13. The highest BCUT2D eigenvalue weighted by molar-refractivity contribution is 7.09. The molecule has 5 heteroatoms. The second kappa shape index (κ2) is 5.43. The van der Waals surface area contributed by atoms with E-state index in [1.54, 1.807) is 11.3 Å². The Morgan fingerprint density at radius 2 is 2.56 bits per heavy atom. The molecule has 4 nitrogen and oxygen atoms in total. The lowest BCUT2D eigenvalue weighted by molar-refractivity contribution is -0.168. The van der Waals surface area contributed by atoms with Gasteiger partial charge in [-0.25, -0.2) is 5.06 Å². The van der Waals surface area contributed by atoms with Crippen LogP contribution in [0.4, 0.5) is 0 Å². The zero-order valence-corrected chi connectivity index (χ0v) is 9.78. The number of thiophene rings is 1. The minimum Gasteiger partial charge on any atom is -0.389 e. The quantitative estimate of drug-likeness (QED) is 0.862. The summed E-state index contributed by atoms with van der Waals surface area (Å²) in [7, 11) is 0. The SMILES string of the molecule is O=C(CCCc1cccs1)N1CC(O)CO1. The molecule has 2 heterocycles. The number of rotatable bonds is 4. The Balaban J connectivity index is 1.68. The molecule has 2 rings (SSSR count). The molecule has 0 radical (unpaired) electrons. The predicted molar refractivity (Wildman–Crippen MR) is 60.9 cm³/mol. The van der Waals surface area contributed by atoms with E-state index in [0.29, 0.717) is 13.0 Å². The summed E-state index contributed by atoms with van der Waals surface area (Å²) >= 11 is 1.71. The third-order valence-electron chi connectivity index (χ3n) is 2.47. The van der Waals surface area contributed by atoms with Crippen LogP contribution < -0.4 is 0 Å². The number of aryl methyl sites for hydroxylation is 1. The van der Waals surface area contributed by atoms with E-state index in [4.69, 9.17) is 4.84 Å². The maximum Gasteiger partial charge on any atom is 0.246 e. The van der Waals surface area contributed by atoms with Gasteiger partial charge in [-0.15, -0.1) is 11.3 Å². The number of carbonyl (C=O) groups excluding carboxylic acids is 1. The number of β-amino-alcohol motifs (C(OH)–C–C–N with tert-alkyl or cyclic N) is 1. The molecule has 1 saturated heterocycles. The van der Waals surface area contributed by atoms with Crippen LogP contribution in [0, 0.1) is 0 Å². The maximum absolute atomic E-state index is 11.6. The van der Waals surface area contributed by atoms with Crippen molar-refractivity contribution in [3.8, 4) is 0 Å². The number of hydroxylamine groups is 2. The largest absolute Gasteiger partial charge is 0.389 e. The minimum absolute atomic E-state index is 0.0342. The van der Waals surface area contributed by atoms with Crippen LogP contribution in [0.2, 0.25) is 0 Å². The number of amides is 1. The van der Waals surface area contributed by atoms with Gasteiger partial charge in [0, 0.05) is 11.3 Å². The highest BCUT2D eigenvalue weighted by Crippen LogP contribution is 2.14. The van der Waals surface area contributed by atoms with Crippen molar-refractivity contribution < 1.29 is 14.7 Å². The minimum atomic E-state index is -0.527. The van der Waals surface area contributed by atoms with Crippen molar-refractivity contribution in [2.45, 2.75) is 25.4 Å². The van der Waals surface area contributed by atoms with Crippen molar-refractivity contribution in [3.05, 3.63) is 22.4 Å². The van der Waals surface area contributed by atoms with Gasteiger partial charge in [-0.2, -0.15) is 0 Å².